The first kappa shape index (κ1) is 11.8. The number of rotatable bonds is 0. The van der Waals surface area contributed by atoms with E-state index in [0.29, 0.717) is 11.8 Å². The van der Waals surface area contributed by atoms with Crippen LogP contribution < -0.4 is 0 Å². The van der Waals surface area contributed by atoms with Crippen molar-refractivity contribution in [1.29, 1.82) is 0 Å². The van der Waals surface area contributed by atoms with Gasteiger partial charge in [-0.25, -0.2) is 0 Å². The number of hydrogen-bond acceptors (Lipinski definition) is 0. The van der Waals surface area contributed by atoms with Crippen molar-refractivity contribution in [3.63, 3.8) is 0 Å². The molecule has 2 bridgehead atoms. The Balaban J connectivity index is 1.92. The van der Waals surface area contributed by atoms with Gasteiger partial charge in [0.05, 0.1) is 0 Å². The van der Waals surface area contributed by atoms with Crippen LogP contribution in [0.25, 0.3) is 0 Å². The number of halogens is 1. The Morgan fingerprint density at radius 3 is 1.48 bits per heavy atom. The van der Waals surface area contributed by atoms with Gasteiger partial charge in [0.15, 0.2) is 0 Å². The van der Waals surface area contributed by atoms with Crippen LogP contribution >= 0.6 is 15.9 Å². The average Bonchev–Trinajstić information content (AvgIpc) is 2.54. The Bertz CT molecular complexity index is 831. The Labute approximate surface area is 132 Å². The van der Waals surface area contributed by atoms with Gasteiger partial charge in [-0.15, -0.1) is 0 Å². The van der Waals surface area contributed by atoms with Crippen LogP contribution in [0.15, 0.2) is 71.2 Å². The Morgan fingerprint density at radius 2 is 0.952 bits per heavy atom. The highest BCUT2D eigenvalue weighted by Gasteiger charge is 2.40. The summed E-state index contributed by atoms with van der Waals surface area (Å²) in [6, 6.07) is 24.6. The van der Waals surface area contributed by atoms with E-state index < -0.39 is 0 Å². The second-order valence-corrected chi connectivity index (χ2v) is 6.81. The molecule has 3 aromatic carbocycles. The maximum Gasteiger partial charge on any atom is 0.0349 e. The lowest BCUT2D eigenvalue weighted by Gasteiger charge is -2.42. The minimum atomic E-state index is 0.384. The van der Waals surface area contributed by atoms with Gasteiger partial charge in [0, 0.05) is 16.3 Å². The molecule has 3 aliphatic carbocycles. The second kappa shape index (κ2) is 4.08. The topological polar surface area (TPSA) is 0 Å². The summed E-state index contributed by atoms with van der Waals surface area (Å²) in [5.41, 5.74) is 8.86. The van der Waals surface area contributed by atoms with Crippen LogP contribution in [-0.2, 0) is 0 Å². The van der Waals surface area contributed by atoms with Gasteiger partial charge in [-0.1, -0.05) is 70.5 Å². The Morgan fingerprint density at radius 1 is 0.524 bits per heavy atom. The van der Waals surface area contributed by atoms with Crippen LogP contribution in [0.2, 0.25) is 0 Å². The standard InChI is InChI=1S/C20H13Br/c21-12-9-10-17-18(11-12)20-15-7-3-1-5-13(15)19(17)14-6-2-4-8-16(14)20/h1-11,19-20H. The smallest absolute Gasteiger partial charge is 0.0349 e. The molecule has 3 aliphatic rings. The number of benzene rings is 3. The van der Waals surface area contributed by atoms with E-state index in [2.05, 4.69) is 82.7 Å². The van der Waals surface area contributed by atoms with E-state index in [9.17, 15) is 0 Å². The summed E-state index contributed by atoms with van der Waals surface area (Å²) >= 11 is 3.64. The molecule has 0 unspecified atom stereocenters. The number of hydrogen-bond donors (Lipinski definition) is 0. The molecule has 3 aromatic rings. The van der Waals surface area contributed by atoms with E-state index in [-0.39, 0.29) is 0 Å². The zero-order valence-corrected chi connectivity index (χ0v) is 13.0. The lowest BCUT2D eigenvalue weighted by atomic mass is 9.61. The van der Waals surface area contributed by atoms with Gasteiger partial charge in [-0.3, -0.25) is 0 Å². The molecule has 6 rings (SSSR count). The summed E-state index contributed by atoms with van der Waals surface area (Å²) in [6.07, 6.45) is 0. The van der Waals surface area contributed by atoms with Crippen molar-refractivity contribution < 1.29 is 0 Å². The second-order valence-electron chi connectivity index (χ2n) is 5.90. The molecule has 0 N–H and O–H groups in total. The lowest BCUT2D eigenvalue weighted by Crippen LogP contribution is -2.27. The van der Waals surface area contributed by atoms with Crippen molar-refractivity contribution in [2.24, 2.45) is 0 Å². The molecule has 0 radical (unpaired) electrons. The molecule has 0 heterocycles. The van der Waals surface area contributed by atoms with Crippen LogP contribution in [-0.4, -0.2) is 0 Å². The molecule has 0 saturated carbocycles. The third-order valence-corrected chi connectivity index (χ3v) is 5.40. The average molecular weight is 333 g/mol. The third kappa shape index (κ3) is 1.45. The molecule has 0 spiro atoms. The fraction of sp³-hybridized carbons (Fsp3) is 0.100. The summed E-state index contributed by atoms with van der Waals surface area (Å²) in [5, 5.41) is 0. The summed E-state index contributed by atoms with van der Waals surface area (Å²) in [6.45, 7) is 0. The highest BCUT2D eigenvalue weighted by Crippen LogP contribution is 2.55. The molecule has 0 aliphatic heterocycles. The van der Waals surface area contributed by atoms with E-state index in [1.165, 1.54) is 37.9 Å². The maximum absolute atomic E-state index is 3.64. The first-order chi connectivity index (χ1) is 10.3. The van der Waals surface area contributed by atoms with Gasteiger partial charge < -0.3 is 0 Å². The molecule has 0 aromatic heterocycles. The molecule has 0 atom stereocenters. The summed E-state index contributed by atoms with van der Waals surface area (Å²) in [7, 11) is 0. The molecule has 1 heteroatoms. The van der Waals surface area contributed by atoms with Crippen molar-refractivity contribution in [2.45, 2.75) is 11.8 Å². The van der Waals surface area contributed by atoms with Crippen molar-refractivity contribution in [1.82, 2.24) is 0 Å². The summed E-state index contributed by atoms with van der Waals surface area (Å²) in [5.74, 6) is 0.778. The van der Waals surface area contributed by atoms with Gasteiger partial charge in [0.1, 0.15) is 0 Å². The SMILES string of the molecule is Brc1ccc2c(c1)C1c3ccccc3C2c2ccccc21. The molecule has 0 amide bonds. The van der Waals surface area contributed by atoms with Crippen molar-refractivity contribution in [3.8, 4) is 0 Å². The normalized spacial score (nSPS) is 20.6. The first-order valence-corrected chi connectivity index (χ1v) is 8.11. The molecule has 0 nitrogen and oxygen atoms in total. The molecule has 0 fully saturated rings. The van der Waals surface area contributed by atoms with Gasteiger partial charge >= 0.3 is 0 Å². The van der Waals surface area contributed by atoms with Crippen molar-refractivity contribution in [2.75, 3.05) is 0 Å². The zero-order valence-electron chi connectivity index (χ0n) is 11.4. The van der Waals surface area contributed by atoms with Crippen LogP contribution in [0, 0.1) is 0 Å². The van der Waals surface area contributed by atoms with E-state index in [4.69, 9.17) is 0 Å². The summed E-state index contributed by atoms with van der Waals surface area (Å²) < 4.78 is 1.17. The zero-order chi connectivity index (χ0) is 14.0. The van der Waals surface area contributed by atoms with E-state index in [1.807, 2.05) is 0 Å². The van der Waals surface area contributed by atoms with Gasteiger partial charge in [0.2, 0.25) is 0 Å². The molecule has 0 saturated heterocycles. The molecule has 100 valence electrons. The van der Waals surface area contributed by atoms with Gasteiger partial charge in [-0.2, -0.15) is 0 Å². The van der Waals surface area contributed by atoms with Crippen LogP contribution in [0.3, 0.4) is 0 Å². The highest BCUT2D eigenvalue weighted by molar-refractivity contribution is 9.10. The minimum absolute atomic E-state index is 0.384. The fourth-order valence-electron chi connectivity index (χ4n) is 4.14. The fourth-order valence-corrected chi connectivity index (χ4v) is 4.52. The Kier molecular flexibility index (Phi) is 2.29. The van der Waals surface area contributed by atoms with E-state index in [0.717, 1.165) is 0 Å². The van der Waals surface area contributed by atoms with Crippen LogP contribution in [0.5, 0.6) is 0 Å². The van der Waals surface area contributed by atoms with Crippen LogP contribution in [0.1, 0.15) is 45.2 Å². The Hall–Kier alpha value is -1.86. The molecular formula is C20H13Br. The van der Waals surface area contributed by atoms with Crippen molar-refractivity contribution in [3.05, 3.63) is 105 Å². The monoisotopic (exact) mass is 332 g/mol. The largest absolute Gasteiger partial charge is 0.0619 e. The maximum atomic E-state index is 3.64. The predicted octanol–water partition coefficient (Wildman–Crippen LogP) is 5.44. The first-order valence-electron chi connectivity index (χ1n) is 7.31. The lowest BCUT2D eigenvalue weighted by molar-refractivity contribution is 0.753. The summed E-state index contributed by atoms with van der Waals surface area (Å²) in [4.78, 5) is 0. The van der Waals surface area contributed by atoms with Crippen molar-refractivity contribution >= 4 is 15.9 Å². The van der Waals surface area contributed by atoms with Crippen LogP contribution in [0.4, 0.5) is 0 Å². The van der Waals surface area contributed by atoms with Gasteiger partial charge in [-0.05, 0) is 45.5 Å². The quantitative estimate of drug-likeness (QED) is 0.354. The minimum Gasteiger partial charge on any atom is -0.0619 e. The third-order valence-electron chi connectivity index (χ3n) is 4.91. The highest BCUT2D eigenvalue weighted by atomic mass is 79.9. The van der Waals surface area contributed by atoms with E-state index in [1.54, 1.807) is 0 Å². The van der Waals surface area contributed by atoms with Gasteiger partial charge in [0.25, 0.3) is 0 Å². The predicted molar refractivity (Wildman–Crippen MR) is 88.9 cm³/mol. The molecule has 21 heavy (non-hydrogen) atoms. The van der Waals surface area contributed by atoms with E-state index >= 15 is 0 Å². The molecular weight excluding hydrogens is 320 g/mol.